The number of aliphatic imine (C=N–C) groups is 1. The minimum Gasteiger partial charge on any atom is -0.406 e. The number of hydrogen-bond donors (Lipinski definition) is 1. The topological polar surface area (TPSA) is 46.0 Å². The van der Waals surface area contributed by atoms with Crippen molar-refractivity contribution in [2.75, 3.05) is 0 Å². The lowest BCUT2D eigenvalue weighted by atomic mass is 10.0. The second-order valence-corrected chi connectivity index (χ2v) is 6.55. The monoisotopic (exact) mass is 387 g/mol. The summed E-state index contributed by atoms with van der Waals surface area (Å²) in [6.45, 7) is 0. The number of halogens is 3. The number of alkyl halides is 3. The van der Waals surface area contributed by atoms with Gasteiger partial charge < -0.3 is 4.74 Å². The fourth-order valence-corrected chi connectivity index (χ4v) is 3.32. The summed E-state index contributed by atoms with van der Waals surface area (Å²) in [6, 6.07) is 17.0. The maximum absolute atomic E-state index is 12.6. The first kappa shape index (κ1) is 17.3. The van der Waals surface area contributed by atoms with E-state index in [9.17, 15) is 13.2 Å². The summed E-state index contributed by atoms with van der Waals surface area (Å²) in [4.78, 5) is 5.43. The average molecular weight is 387 g/mol. The van der Waals surface area contributed by atoms with Crippen LogP contribution in [0.3, 0.4) is 0 Å². The number of rotatable bonds is 3. The Morgan fingerprint density at radius 1 is 0.963 bits per heavy atom. The van der Waals surface area contributed by atoms with Crippen molar-refractivity contribution in [1.29, 1.82) is 0 Å². The van der Waals surface area contributed by atoms with Crippen LogP contribution < -0.4 is 10.2 Å². The first-order valence-electron chi connectivity index (χ1n) is 7.91. The van der Waals surface area contributed by atoms with Crippen molar-refractivity contribution < 1.29 is 17.9 Å². The molecule has 1 aromatic heterocycles. The second kappa shape index (κ2) is 6.88. The van der Waals surface area contributed by atoms with E-state index in [-0.39, 0.29) is 5.75 Å². The van der Waals surface area contributed by atoms with Crippen molar-refractivity contribution in [2.45, 2.75) is 6.36 Å². The number of nitrogens with zero attached hydrogens (tertiary/aromatic N) is 2. The number of benzene rings is 2. The zero-order valence-corrected chi connectivity index (χ0v) is 14.5. The fourth-order valence-electron chi connectivity index (χ4n) is 2.65. The van der Waals surface area contributed by atoms with Gasteiger partial charge in [0.25, 0.3) is 0 Å². The molecule has 2 aromatic carbocycles. The quantitative estimate of drug-likeness (QED) is 0.681. The minimum atomic E-state index is -4.77. The van der Waals surface area contributed by atoms with E-state index in [1.165, 1.54) is 29.5 Å². The average Bonchev–Trinajstić information content (AvgIpc) is 3.10. The van der Waals surface area contributed by atoms with Crippen LogP contribution in [0.2, 0.25) is 0 Å². The van der Waals surface area contributed by atoms with Gasteiger partial charge in [0.2, 0.25) is 0 Å². The number of thiophene rings is 1. The molecule has 0 fully saturated rings. The smallest absolute Gasteiger partial charge is 0.406 e. The Morgan fingerprint density at radius 2 is 1.78 bits per heavy atom. The molecule has 0 amide bonds. The van der Waals surface area contributed by atoms with Gasteiger partial charge in [0, 0.05) is 11.1 Å². The zero-order valence-electron chi connectivity index (χ0n) is 13.7. The molecule has 3 aromatic rings. The summed E-state index contributed by atoms with van der Waals surface area (Å²) in [5.74, 6) is 0.210. The van der Waals surface area contributed by atoms with Gasteiger partial charge in [-0.05, 0) is 29.6 Å². The third-order valence-electron chi connectivity index (χ3n) is 3.76. The maximum Gasteiger partial charge on any atom is 0.573 e. The Labute approximate surface area is 156 Å². The van der Waals surface area contributed by atoms with Gasteiger partial charge in [-0.2, -0.15) is 5.10 Å². The maximum atomic E-state index is 12.6. The highest BCUT2D eigenvalue weighted by molar-refractivity contribution is 7.12. The van der Waals surface area contributed by atoms with Crippen molar-refractivity contribution in [2.24, 2.45) is 10.1 Å². The van der Waals surface area contributed by atoms with Gasteiger partial charge in [-0.1, -0.05) is 36.4 Å². The molecule has 2 heterocycles. The van der Waals surface area contributed by atoms with Crippen molar-refractivity contribution in [3.05, 3.63) is 82.0 Å². The van der Waals surface area contributed by atoms with Crippen molar-refractivity contribution in [3.63, 3.8) is 0 Å². The number of hydrazone groups is 1. The molecule has 1 N–H and O–H groups in total. The van der Waals surface area contributed by atoms with E-state index in [2.05, 4.69) is 20.3 Å². The van der Waals surface area contributed by atoms with Crippen LogP contribution >= 0.6 is 11.3 Å². The van der Waals surface area contributed by atoms with E-state index in [4.69, 9.17) is 0 Å². The van der Waals surface area contributed by atoms with Crippen LogP contribution in [-0.2, 0) is 0 Å². The predicted octanol–water partition coefficient (Wildman–Crippen LogP) is 5.08. The number of ether oxygens (including phenoxy) is 1. The predicted molar refractivity (Wildman–Crippen MR) is 98.9 cm³/mol. The highest BCUT2D eigenvalue weighted by atomic mass is 32.1. The molecule has 0 saturated heterocycles. The standard InChI is InChI=1S/C19H12F3N3OS/c20-19(21,22)26-13-8-9-15-14(11-13)17(12-5-2-1-3-6-12)24-25-18(23-15)16-7-4-10-27-16/h1-11H,(H,23,25). The number of nitrogens with one attached hydrogen (secondary N) is 1. The highest BCUT2D eigenvalue weighted by Crippen LogP contribution is 2.32. The molecule has 27 heavy (non-hydrogen) atoms. The molecule has 1 aliphatic heterocycles. The summed E-state index contributed by atoms with van der Waals surface area (Å²) in [6.07, 6.45) is -4.77. The van der Waals surface area contributed by atoms with E-state index >= 15 is 0 Å². The molecule has 136 valence electrons. The first-order chi connectivity index (χ1) is 13.0. The molecule has 0 saturated carbocycles. The normalized spacial score (nSPS) is 13.7. The van der Waals surface area contributed by atoms with Gasteiger partial charge in [0.1, 0.15) is 11.5 Å². The van der Waals surface area contributed by atoms with E-state index in [1.807, 2.05) is 47.8 Å². The largest absolute Gasteiger partial charge is 0.573 e. The Balaban J connectivity index is 1.85. The van der Waals surface area contributed by atoms with Crippen LogP contribution in [0, 0.1) is 0 Å². The van der Waals surface area contributed by atoms with E-state index in [0.29, 0.717) is 22.8 Å². The van der Waals surface area contributed by atoms with Gasteiger partial charge in [-0.3, -0.25) is 5.43 Å². The van der Waals surface area contributed by atoms with E-state index in [0.717, 1.165) is 10.4 Å². The summed E-state index contributed by atoms with van der Waals surface area (Å²) in [5.41, 5.74) is 5.11. The van der Waals surface area contributed by atoms with Gasteiger partial charge in [0.05, 0.1) is 10.6 Å². The molecule has 0 spiro atoms. The van der Waals surface area contributed by atoms with Gasteiger partial charge in [-0.15, -0.1) is 24.5 Å². The van der Waals surface area contributed by atoms with Crippen LogP contribution in [-0.4, -0.2) is 17.9 Å². The molecule has 1 aliphatic rings. The Hall–Kier alpha value is -3.13. The molecule has 0 bridgehead atoms. The molecule has 0 aliphatic carbocycles. The van der Waals surface area contributed by atoms with Gasteiger partial charge >= 0.3 is 6.36 Å². The van der Waals surface area contributed by atoms with Crippen LogP contribution in [0.5, 0.6) is 5.75 Å². The van der Waals surface area contributed by atoms with E-state index < -0.39 is 6.36 Å². The number of fused-ring (bicyclic) bond motifs is 1. The third kappa shape index (κ3) is 3.85. The molecule has 0 unspecified atom stereocenters. The second-order valence-electron chi connectivity index (χ2n) is 5.60. The van der Waals surface area contributed by atoms with Crippen LogP contribution in [0.25, 0.3) is 0 Å². The molecule has 8 heteroatoms. The molecular formula is C19H12F3N3OS. The van der Waals surface area contributed by atoms with Gasteiger partial charge in [-0.25, -0.2) is 4.99 Å². The molecule has 4 nitrogen and oxygen atoms in total. The SMILES string of the molecule is FC(F)(F)Oc1ccc2c(c1)C(c1ccccc1)=NNC(c1cccs1)=N2. The fraction of sp³-hybridized carbons (Fsp3) is 0.0526. The third-order valence-corrected chi connectivity index (χ3v) is 4.64. The lowest BCUT2D eigenvalue weighted by molar-refractivity contribution is -0.274. The summed E-state index contributed by atoms with van der Waals surface area (Å²) in [7, 11) is 0. The van der Waals surface area contributed by atoms with Crippen molar-refractivity contribution in [1.82, 2.24) is 5.43 Å². The Bertz CT molecular complexity index is 1010. The Kier molecular flexibility index (Phi) is 4.41. The Morgan fingerprint density at radius 3 is 2.48 bits per heavy atom. The first-order valence-corrected chi connectivity index (χ1v) is 8.79. The van der Waals surface area contributed by atoms with E-state index in [1.54, 1.807) is 0 Å². The van der Waals surface area contributed by atoms with Crippen molar-refractivity contribution in [3.8, 4) is 5.75 Å². The van der Waals surface area contributed by atoms with Crippen LogP contribution in [0.4, 0.5) is 18.9 Å². The number of amidine groups is 1. The molecular weight excluding hydrogens is 375 g/mol. The van der Waals surface area contributed by atoms with Crippen LogP contribution in [0.1, 0.15) is 16.0 Å². The van der Waals surface area contributed by atoms with Gasteiger partial charge in [0.15, 0.2) is 5.84 Å². The van der Waals surface area contributed by atoms with Crippen molar-refractivity contribution >= 4 is 28.6 Å². The summed E-state index contributed by atoms with van der Waals surface area (Å²) < 4.78 is 42.0. The zero-order chi connectivity index (χ0) is 18.9. The summed E-state index contributed by atoms with van der Waals surface area (Å²) in [5, 5.41) is 6.33. The van der Waals surface area contributed by atoms with Crippen LogP contribution in [0.15, 0.2) is 76.1 Å². The molecule has 4 rings (SSSR count). The lowest BCUT2D eigenvalue weighted by Gasteiger charge is -2.12. The molecule has 0 atom stereocenters. The lowest BCUT2D eigenvalue weighted by Crippen LogP contribution is -2.19. The minimum absolute atomic E-state index is 0.320. The summed E-state index contributed by atoms with van der Waals surface area (Å²) >= 11 is 1.49. The molecule has 0 radical (unpaired) electrons. The highest BCUT2D eigenvalue weighted by Gasteiger charge is 2.31. The number of hydrogen-bond acceptors (Lipinski definition) is 5.